The monoisotopic (exact) mass is 196 g/mol. The van der Waals surface area contributed by atoms with Gasteiger partial charge in [-0.3, -0.25) is 0 Å². The first-order valence-electron chi connectivity index (χ1n) is 4.61. The van der Waals surface area contributed by atoms with Gasteiger partial charge in [-0.15, -0.1) is 0 Å². The number of halogens is 2. The molecule has 0 unspecified atom stereocenters. The first kappa shape index (κ1) is 10.9. The largest absolute Gasteiger partial charge is 0.273 e. The molecule has 0 aliphatic rings. The molecule has 0 aromatic heterocycles. The number of alkyl halides is 2. The number of hydrogen-bond donors (Lipinski definition) is 0. The lowest BCUT2D eigenvalue weighted by atomic mass is 10.0. The minimum atomic E-state index is -2.73. The molecule has 0 N–H and O–H groups in total. The number of rotatable bonds is 3. The van der Waals surface area contributed by atoms with Crippen molar-refractivity contribution in [1.82, 2.24) is 0 Å². The predicted molar refractivity (Wildman–Crippen MR) is 55.3 cm³/mol. The second-order valence-corrected chi connectivity index (χ2v) is 3.42. The molecule has 0 spiro atoms. The van der Waals surface area contributed by atoms with Gasteiger partial charge in [-0.05, 0) is 18.6 Å². The summed E-state index contributed by atoms with van der Waals surface area (Å²) in [5.74, 6) is -2.73. The van der Waals surface area contributed by atoms with Gasteiger partial charge in [0.05, 0.1) is 0 Å². The van der Waals surface area contributed by atoms with E-state index in [0.29, 0.717) is 0 Å². The summed E-state index contributed by atoms with van der Waals surface area (Å²) in [4.78, 5) is 0. The van der Waals surface area contributed by atoms with E-state index in [1.165, 1.54) is 19.1 Å². The Hall–Kier alpha value is -1.18. The van der Waals surface area contributed by atoms with E-state index in [0.717, 1.165) is 11.1 Å². The van der Waals surface area contributed by atoms with Crippen LogP contribution in [0.1, 0.15) is 31.4 Å². The van der Waals surface area contributed by atoms with Crippen molar-refractivity contribution < 1.29 is 8.78 Å². The minimum Gasteiger partial charge on any atom is -0.201 e. The van der Waals surface area contributed by atoms with Crippen LogP contribution in [0.5, 0.6) is 0 Å². The summed E-state index contributed by atoms with van der Waals surface area (Å²) in [6.45, 7) is 7.02. The lowest BCUT2D eigenvalue weighted by Crippen LogP contribution is -2.11. The Morgan fingerprint density at radius 2 is 2.07 bits per heavy atom. The topological polar surface area (TPSA) is 0 Å². The molecular weight excluding hydrogens is 182 g/mol. The summed E-state index contributed by atoms with van der Waals surface area (Å²) >= 11 is 0. The van der Waals surface area contributed by atoms with Gasteiger partial charge in [0.25, 0.3) is 5.92 Å². The molecule has 0 amide bonds. The molecule has 0 bridgehead atoms. The van der Waals surface area contributed by atoms with Crippen molar-refractivity contribution >= 4 is 5.57 Å². The average Bonchev–Trinajstić information content (AvgIpc) is 2.18. The average molecular weight is 196 g/mol. The van der Waals surface area contributed by atoms with Crippen LogP contribution >= 0.6 is 0 Å². The van der Waals surface area contributed by atoms with Gasteiger partial charge >= 0.3 is 0 Å². The molecule has 0 heterocycles. The Kier molecular flexibility index (Phi) is 3.04. The van der Waals surface area contributed by atoms with Crippen LogP contribution in [0, 0.1) is 0 Å². The lowest BCUT2D eigenvalue weighted by Gasteiger charge is -2.15. The SMILES string of the molecule is C=C(C)c1cccc(C(F)(F)CC)c1. The highest BCUT2D eigenvalue weighted by atomic mass is 19.3. The molecule has 14 heavy (non-hydrogen) atoms. The standard InChI is InChI=1S/C12H14F2/c1-4-12(13,14)11-7-5-6-10(8-11)9(2)3/h5-8H,2,4H2,1,3H3. The van der Waals surface area contributed by atoms with Crippen LogP contribution in [0.25, 0.3) is 5.57 Å². The molecule has 0 saturated heterocycles. The molecule has 0 fully saturated rings. The fraction of sp³-hybridized carbons (Fsp3) is 0.333. The summed E-state index contributed by atoms with van der Waals surface area (Å²) in [6.07, 6.45) is -0.174. The van der Waals surface area contributed by atoms with Gasteiger partial charge in [0, 0.05) is 12.0 Å². The van der Waals surface area contributed by atoms with E-state index in [4.69, 9.17) is 0 Å². The summed E-state index contributed by atoms with van der Waals surface area (Å²) < 4.78 is 26.6. The molecule has 1 aromatic carbocycles. The molecule has 0 aliphatic carbocycles. The van der Waals surface area contributed by atoms with E-state index in [9.17, 15) is 8.78 Å². The third-order valence-electron chi connectivity index (χ3n) is 2.22. The van der Waals surface area contributed by atoms with Crippen molar-refractivity contribution in [2.24, 2.45) is 0 Å². The molecule has 1 aromatic rings. The van der Waals surface area contributed by atoms with Crippen molar-refractivity contribution in [1.29, 1.82) is 0 Å². The van der Waals surface area contributed by atoms with Crippen LogP contribution < -0.4 is 0 Å². The molecular formula is C12H14F2. The summed E-state index contributed by atoms with van der Waals surface area (Å²) in [5.41, 5.74) is 1.65. The zero-order valence-electron chi connectivity index (χ0n) is 8.48. The zero-order valence-corrected chi connectivity index (χ0v) is 8.48. The summed E-state index contributed by atoms with van der Waals surface area (Å²) in [6, 6.07) is 6.39. The number of hydrogen-bond acceptors (Lipinski definition) is 0. The summed E-state index contributed by atoms with van der Waals surface area (Å²) in [7, 11) is 0. The van der Waals surface area contributed by atoms with Crippen LogP contribution in [0.4, 0.5) is 8.78 Å². The first-order valence-corrected chi connectivity index (χ1v) is 4.61. The fourth-order valence-electron chi connectivity index (χ4n) is 1.22. The molecule has 0 nitrogen and oxygen atoms in total. The lowest BCUT2D eigenvalue weighted by molar-refractivity contribution is -0.00830. The maximum absolute atomic E-state index is 13.3. The molecule has 0 radical (unpaired) electrons. The predicted octanol–water partition coefficient (Wildman–Crippen LogP) is 4.22. The molecule has 0 atom stereocenters. The van der Waals surface area contributed by atoms with E-state index in [-0.39, 0.29) is 12.0 Å². The maximum Gasteiger partial charge on any atom is 0.273 e. The third kappa shape index (κ3) is 2.19. The summed E-state index contributed by atoms with van der Waals surface area (Å²) in [5, 5.41) is 0. The Morgan fingerprint density at radius 1 is 1.43 bits per heavy atom. The van der Waals surface area contributed by atoms with Crippen molar-refractivity contribution in [2.45, 2.75) is 26.2 Å². The zero-order chi connectivity index (χ0) is 10.8. The van der Waals surface area contributed by atoms with Gasteiger partial charge in [0.2, 0.25) is 0 Å². The normalized spacial score (nSPS) is 11.4. The van der Waals surface area contributed by atoms with Crippen LogP contribution in [-0.4, -0.2) is 0 Å². The molecule has 0 aliphatic heterocycles. The Bertz CT molecular complexity index is 340. The fourth-order valence-corrected chi connectivity index (χ4v) is 1.22. The van der Waals surface area contributed by atoms with Crippen LogP contribution in [0.15, 0.2) is 30.8 Å². The first-order chi connectivity index (χ1) is 6.47. The second-order valence-electron chi connectivity index (χ2n) is 3.42. The van der Waals surface area contributed by atoms with Crippen LogP contribution in [0.2, 0.25) is 0 Å². The van der Waals surface area contributed by atoms with Gasteiger partial charge in [-0.2, -0.15) is 0 Å². The maximum atomic E-state index is 13.3. The number of allylic oxidation sites excluding steroid dienone is 1. The quantitative estimate of drug-likeness (QED) is 0.679. The third-order valence-corrected chi connectivity index (χ3v) is 2.22. The smallest absolute Gasteiger partial charge is 0.201 e. The Labute approximate surface area is 83.3 Å². The van der Waals surface area contributed by atoms with Crippen molar-refractivity contribution in [2.75, 3.05) is 0 Å². The Morgan fingerprint density at radius 3 is 2.57 bits per heavy atom. The van der Waals surface area contributed by atoms with Gasteiger partial charge in [0.1, 0.15) is 0 Å². The van der Waals surface area contributed by atoms with E-state index < -0.39 is 5.92 Å². The van der Waals surface area contributed by atoms with Crippen LogP contribution in [0.3, 0.4) is 0 Å². The van der Waals surface area contributed by atoms with Crippen LogP contribution in [-0.2, 0) is 5.92 Å². The molecule has 2 heteroatoms. The van der Waals surface area contributed by atoms with Crippen molar-refractivity contribution in [3.05, 3.63) is 42.0 Å². The highest BCUT2D eigenvalue weighted by molar-refractivity contribution is 5.61. The van der Waals surface area contributed by atoms with Gasteiger partial charge < -0.3 is 0 Å². The highest BCUT2D eigenvalue weighted by Gasteiger charge is 2.28. The highest BCUT2D eigenvalue weighted by Crippen LogP contribution is 2.32. The van der Waals surface area contributed by atoms with E-state index >= 15 is 0 Å². The van der Waals surface area contributed by atoms with Crippen molar-refractivity contribution in [3.63, 3.8) is 0 Å². The Balaban J connectivity index is 3.12. The van der Waals surface area contributed by atoms with E-state index in [1.54, 1.807) is 12.1 Å². The molecule has 0 saturated carbocycles. The second kappa shape index (κ2) is 3.91. The van der Waals surface area contributed by atoms with Gasteiger partial charge in [-0.25, -0.2) is 8.78 Å². The van der Waals surface area contributed by atoms with Gasteiger partial charge in [-0.1, -0.05) is 37.3 Å². The molecule has 1 rings (SSSR count). The van der Waals surface area contributed by atoms with E-state index in [2.05, 4.69) is 6.58 Å². The van der Waals surface area contributed by atoms with E-state index in [1.807, 2.05) is 6.92 Å². The van der Waals surface area contributed by atoms with Gasteiger partial charge in [0.15, 0.2) is 0 Å². The van der Waals surface area contributed by atoms with Crippen molar-refractivity contribution in [3.8, 4) is 0 Å². The minimum absolute atomic E-state index is 0.0699. The molecule has 76 valence electrons. The number of benzene rings is 1.